The van der Waals surface area contributed by atoms with Crippen LogP contribution in [0.3, 0.4) is 0 Å². The van der Waals surface area contributed by atoms with Crippen molar-refractivity contribution < 1.29 is 4.74 Å². The Hall–Kier alpha value is 0.400. The minimum Gasteiger partial charge on any atom is -0.384 e. The van der Waals surface area contributed by atoms with Crippen LogP contribution in [0.1, 0.15) is 39.5 Å². The quantitative estimate of drug-likeness (QED) is 0.667. The van der Waals surface area contributed by atoms with Crippen LogP contribution in [-0.4, -0.2) is 43.6 Å². The summed E-state index contributed by atoms with van der Waals surface area (Å²) in [6.07, 6.45) is 5.15. The molecule has 102 valence electrons. The maximum atomic E-state index is 5.25. The van der Waals surface area contributed by atoms with Gasteiger partial charge in [-0.2, -0.15) is 0 Å². The Labute approximate surface area is 115 Å². The summed E-state index contributed by atoms with van der Waals surface area (Å²) in [7, 11) is 1.82. The number of alkyl halides is 1. The fourth-order valence-electron chi connectivity index (χ4n) is 2.73. The number of ether oxygens (including phenoxy) is 1. The second-order valence-electron chi connectivity index (χ2n) is 5.52. The van der Waals surface area contributed by atoms with Gasteiger partial charge in [0, 0.05) is 25.6 Å². The van der Waals surface area contributed by atoms with E-state index in [0.29, 0.717) is 5.41 Å². The molecule has 0 aliphatic carbocycles. The molecule has 3 heteroatoms. The minimum absolute atomic E-state index is 0.480. The molecule has 1 heterocycles. The summed E-state index contributed by atoms with van der Waals surface area (Å²) in [6, 6.07) is 0. The van der Waals surface area contributed by atoms with Crippen LogP contribution in [0.4, 0.5) is 0 Å². The van der Waals surface area contributed by atoms with Gasteiger partial charge < -0.3 is 9.64 Å². The summed E-state index contributed by atoms with van der Waals surface area (Å²) >= 11 is 3.71. The third kappa shape index (κ3) is 4.53. The van der Waals surface area contributed by atoms with Gasteiger partial charge in [0.1, 0.15) is 0 Å². The van der Waals surface area contributed by atoms with Gasteiger partial charge in [-0.3, -0.25) is 0 Å². The number of hydrogen-bond acceptors (Lipinski definition) is 2. The highest BCUT2D eigenvalue weighted by molar-refractivity contribution is 9.09. The van der Waals surface area contributed by atoms with Crippen LogP contribution in [0.5, 0.6) is 0 Å². The van der Waals surface area contributed by atoms with E-state index in [9.17, 15) is 0 Å². The Balaban J connectivity index is 2.38. The predicted octanol–water partition coefficient (Wildman–Crippen LogP) is 3.55. The van der Waals surface area contributed by atoms with Gasteiger partial charge in [-0.25, -0.2) is 0 Å². The van der Waals surface area contributed by atoms with Crippen LogP contribution in [0.15, 0.2) is 0 Å². The molecule has 0 aromatic rings. The smallest absolute Gasteiger partial charge is 0.0491 e. The number of rotatable bonds is 7. The van der Waals surface area contributed by atoms with Crippen LogP contribution in [0.25, 0.3) is 0 Å². The first-order valence-corrected chi connectivity index (χ1v) is 8.09. The molecule has 0 radical (unpaired) electrons. The van der Waals surface area contributed by atoms with E-state index in [-0.39, 0.29) is 0 Å². The van der Waals surface area contributed by atoms with E-state index in [1.54, 1.807) is 0 Å². The summed E-state index contributed by atoms with van der Waals surface area (Å²) in [6.45, 7) is 9.35. The van der Waals surface area contributed by atoms with Crippen molar-refractivity contribution in [1.29, 1.82) is 0 Å². The van der Waals surface area contributed by atoms with E-state index in [1.165, 1.54) is 45.3 Å². The maximum Gasteiger partial charge on any atom is 0.0491 e. The highest BCUT2D eigenvalue weighted by atomic mass is 79.9. The van der Waals surface area contributed by atoms with E-state index < -0.39 is 0 Å². The third-order valence-corrected chi connectivity index (χ3v) is 5.64. The minimum atomic E-state index is 0.480. The summed E-state index contributed by atoms with van der Waals surface area (Å²) in [5.41, 5.74) is 0.480. The second-order valence-corrected chi connectivity index (χ2v) is 6.08. The molecule has 0 unspecified atom stereocenters. The molecule has 0 aromatic carbocycles. The topological polar surface area (TPSA) is 12.5 Å². The van der Waals surface area contributed by atoms with Gasteiger partial charge in [0.05, 0.1) is 0 Å². The van der Waals surface area contributed by atoms with Crippen molar-refractivity contribution in [2.24, 2.45) is 11.3 Å². The third-order valence-electron chi connectivity index (χ3n) is 4.45. The molecule has 0 spiro atoms. The lowest BCUT2D eigenvalue weighted by molar-refractivity contribution is 0.0765. The lowest BCUT2D eigenvalue weighted by atomic mass is 9.83. The Bertz CT molecular complexity index is 190. The molecule has 0 N–H and O–H groups in total. The number of methoxy groups -OCH3 is 1. The number of halogens is 1. The predicted molar refractivity (Wildman–Crippen MR) is 77.8 cm³/mol. The van der Waals surface area contributed by atoms with Crippen LogP contribution in [-0.2, 0) is 4.74 Å². The fourth-order valence-corrected chi connectivity index (χ4v) is 3.70. The van der Waals surface area contributed by atoms with Crippen molar-refractivity contribution in [2.75, 3.05) is 38.7 Å². The molecular formula is C14H28BrNO. The van der Waals surface area contributed by atoms with Gasteiger partial charge >= 0.3 is 0 Å². The number of hydrogen-bond donors (Lipinski definition) is 0. The van der Waals surface area contributed by atoms with Crippen LogP contribution < -0.4 is 0 Å². The molecule has 1 aliphatic rings. The standard InChI is InChI=1S/C14H28BrNO/c1-4-14(5-2,11-15)12-16-8-6-13(7-9-16)10-17-3/h13H,4-12H2,1-3H3. The first-order chi connectivity index (χ1) is 8.19. The Morgan fingerprint density at radius 2 is 1.82 bits per heavy atom. The van der Waals surface area contributed by atoms with Crippen molar-refractivity contribution in [1.82, 2.24) is 4.90 Å². The van der Waals surface area contributed by atoms with E-state index in [4.69, 9.17) is 4.74 Å². The zero-order chi connectivity index (χ0) is 12.7. The van der Waals surface area contributed by atoms with Crippen LogP contribution in [0.2, 0.25) is 0 Å². The van der Waals surface area contributed by atoms with Crippen LogP contribution >= 0.6 is 15.9 Å². The zero-order valence-corrected chi connectivity index (χ0v) is 13.3. The van der Waals surface area contributed by atoms with Crippen molar-refractivity contribution in [3.05, 3.63) is 0 Å². The van der Waals surface area contributed by atoms with Gasteiger partial charge in [-0.15, -0.1) is 0 Å². The molecule has 1 aliphatic heterocycles. The lowest BCUT2D eigenvalue weighted by Gasteiger charge is -2.39. The molecule has 1 rings (SSSR count). The number of likely N-dealkylation sites (tertiary alicyclic amines) is 1. The monoisotopic (exact) mass is 305 g/mol. The summed E-state index contributed by atoms with van der Waals surface area (Å²) in [4.78, 5) is 2.65. The Kier molecular flexibility index (Phi) is 7.05. The van der Waals surface area contributed by atoms with Crippen molar-refractivity contribution in [2.45, 2.75) is 39.5 Å². The maximum absolute atomic E-state index is 5.25. The first kappa shape index (κ1) is 15.5. The zero-order valence-electron chi connectivity index (χ0n) is 11.7. The van der Waals surface area contributed by atoms with Crippen molar-refractivity contribution in [3.8, 4) is 0 Å². The average Bonchev–Trinajstić information content (AvgIpc) is 2.39. The molecule has 17 heavy (non-hydrogen) atoms. The summed E-state index contributed by atoms with van der Waals surface area (Å²) in [5, 5.41) is 1.13. The Morgan fingerprint density at radius 3 is 2.24 bits per heavy atom. The van der Waals surface area contributed by atoms with Gasteiger partial charge in [0.25, 0.3) is 0 Å². The average molecular weight is 306 g/mol. The number of nitrogens with zero attached hydrogens (tertiary/aromatic N) is 1. The molecule has 0 amide bonds. The lowest BCUT2D eigenvalue weighted by Crippen LogP contribution is -2.43. The fraction of sp³-hybridized carbons (Fsp3) is 1.00. The molecule has 0 atom stereocenters. The van der Waals surface area contributed by atoms with Gasteiger partial charge in [-0.05, 0) is 50.1 Å². The van der Waals surface area contributed by atoms with Crippen molar-refractivity contribution >= 4 is 15.9 Å². The van der Waals surface area contributed by atoms with Crippen LogP contribution in [0, 0.1) is 11.3 Å². The number of piperidine rings is 1. The molecule has 0 saturated carbocycles. The van der Waals surface area contributed by atoms with Gasteiger partial charge in [-0.1, -0.05) is 29.8 Å². The molecule has 1 fully saturated rings. The largest absolute Gasteiger partial charge is 0.384 e. The summed E-state index contributed by atoms with van der Waals surface area (Å²) < 4.78 is 5.25. The molecule has 0 aromatic heterocycles. The van der Waals surface area contributed by atoms with Gasteiger partial charge in [0.2, 0.25) is 0 Å². The van der Waals surface area contributed by atoms with Crippen molar-refractivity contribution in [3.63, 3.8) is 0 Å². The van der Waals surface area contributed by atoms with Gasteiger partial charge in [0.15, 0.2) is 0 Å². The molecule has 2 nitrogen and oxygen atoms in total. The highest BCUT2D eigenvalue weighted by Gasteiger charge is 2.29. The first-order valence-electron chi connectivity index (χ1n) is 6.97. The Morgan fingerprint density at radius 1 is 1.24 bits per heavy atom. The molecule has 1 saturated heterocycles. The van der Waals surface area contributed by atoms with E-state index in [2.05, 4.69) is 34.7 Å². The molecule has 0 bridgehead atoms. The van der Waals surface area contributed by atoms with E-state index in [0.717, 1.165) is 17.9 Å². The second kappa shape index (κ2) is 7.75. The SMILES string of the molecule is CCC(CC)(CBr)CN1CCC(COC)CC1. The highest BCUT2D eigenvalue weighted by Crippen LogP contribution is 2.31. The molecular weight excluding hydrogens is 278 g/mol. The van der Waals surface area contributed by atoms with E-state index >= 15 is 0 Å². The normalized spacial score (nSPS) is 19.8. The van der Waals surface area contributed by atoms with E-state index in [1.807, 2.05) is 7.11 Å². The summed E-state index contributed by atoms with van der Waals surface area (Å²) in [5.74, 6) is 0.790.